The van der Waals surface area contributed by atoms with Crippen molar-refractivity contribution >= 4 is 58.3 Å². The predicted octanol–water partition coefficient (Wildman–Crippen LogP) is 6.60. The number of halogens is 2. The van der Waals surface area contributed by atoms with Crippen LogP contribution in [0.15, 0.2) is 111 Å². The third-order valence-electron chi connectivity index (χ3n) is 5.68. The number of furan rings is 1. The number of hydrogen-bond acceptors (Lipinski definition) is 7. The van der Waals surface area contributed by atoms with Gasteiger partial charge in [-0.15, -0.1) is 5.10 Å². The number of amidine groups is 1. The summed E-state index contributed by atoms with van der Waals surface area (Å²) < 4.78 is 24.3. The van der Waals surface area contributed by atoms with E-state index in [9.17, 15) is 14.0 Å². The highest BCUT2D eigenvalue weighted by Crippen LogP contribution is 2.36. The van der Waals surface area contributed by atoms with Crippen LogP contribution in [0.1, 0.15) is 16.9 Å². The number of nitrogens with one attached hydrogen (secondary N) is 1. The lowest BCUT2D eigenvalue weighted by Crippen LogP contribution is -2.28. The summed E-state index contributed by atoms with van der Waals surface area (Å²) in [6, 6.07) is 23.2. The maximum absolute atomic E-state index is 13.5. The Morgan fingerprint density at radius 2 is 1.88 bits per heavy atom. The molecule has 1 aliphatic rings. The van der Waals surface area contributed by atoms with E-state index in [1.165, 1.54) is 35.4 Å². The number of carbonyl (C=O) groups excluding carboxylic acids is 2. The van der Waals surface area contributed by atoms with E-state index < -0.39 is 11.7 Å². The van der Waals surface area contributed by atoms with Crippen molar-refractivity contribution in [3.8, 4) is 5.75 Å². The average Bonchev–Trinajstić information content (AvgIpc) is 3.59. The second kappa shape index (κ2) is 13.1. The molecule has 4 aromatic rings. The smallest absolute Gasteiger partial charge is 0.267 e. The van der Waals surface area contributed by atoms with Gasteiger partial charge in [0.1, 0.15) is 17.3 Å². The first kappa shape index (κ1) is 27.9. The SMILES string of the molecule is O=C(COc1ccc(Cl)cc1/C=C1\S/C(=N/N=C\c2ccccc2)N(Cc2ccco2)C1=O)Nc1ccc(F)cc1. The summed E-state index contributed by atoms with van der Waals surface area (Å²) in [5.41, 5.74) is 1.79. The molecule has 2 heterocycles. The van der Waals surface area contributed by atoms with Crippen molar-refractivity contribution in [2.45, 2.75) is 6.54 Å². The zero-order chi connectivity index (χ0) is 28.6. The molecule has 11 heteroatoms. The van der Waals surface area contributed by atoms with Crippen molar-refractivity contribution in [1.82, 2.24) is 4.90 Å². The van der Waals surface area contributed by atoms with Crippen LogP contribution in [-0.2, 0) is 16.1 Å². The zero-order valence-corrected chi connectivity index (χ0v) is 22.9. The number of carbonyl (C=O) groups is 2. The maximum atomic E-state index is 13.5. The van der Waals surface area contributed by atoms with Crippen LogP contribution in [-0.4, -0.2) is 34.7 Å². The molecule has 0 spiro atoms. The van der Waals surface area contributed by atoms with Crippen LogP contribution in [0.25, 0.3) is 6.08 Å². The third-order valence-corrected chi connectivity index (χ3v) is 6.91. The molecule has 1 saturated heterocycles. The second-order valence-electron chi connectivity index (χ2n) is 8.65. The van der Waals surface area contributed by atoms with E-state index in [4.69, 9.17) is 20.8 Å². The molecule has 206 valence electrons. The first-order valence-electron chi connectivity index (χ1n) is 12.3. The van der Waals surface area contributed by atoms with Gasteiger partial charge in [0.2, 0.25) is 0 Å². The van der Waals surface area contributed by atoms with Crippen LogP contribution >= 0.6 is 23.4 Å². The summed E-state index contributed by atoms with van der Waals surface area (Å²) in [6.07, 6.45) is 4.77. The Bertz CT molecular complexity index is 1620. The summed E-state index contributed by atoms with van der Waals surface area (Å²) in [4.78, 5) is 27.7. The number of benzene rings is 3. The van der Waals surface area contributed by atoms with Gasteiger partial charge in [0, 0.05) is 16.3 Å². The highest BCUT2D eigenvalue weighted by atomic mass is 35.5. The van der Waals surface area contributed by atoms with Gasteiger partial charge in [-0.1, -0.05) is 41.9 Å². The van der Waals surface area contributed by atoms with Crippen LogP contribution in [0.5, 0.6) is 5.75 Å². The molecule has 1 aliphatic heterocycles. The lowest BCUT2D eigenvalue weighted by Gasteiger charge is -2.13. The Kier molecular flexibility index (Phi) is 8.92. The molecule has 41 heavy (non-hydrogen) atoms. The van der Waals surface area contributed by atoms with Gasteiger partial charge in [0.15, 0.2) is 11.8 Å². The van der Waals surface area contributed by atoms with Crippen LogP contribution in [0.4, 0.5) is 10.1 Å². The van der Waals surface area contributed by atoms with Gasteiger partial charge in [-0.05, 0) is 78.0 Å². The molecule has 3 aromatic carbocycles. The van der Waals surface area contributed by atoms with Gasteiger partial charge in [0.25, 0.3) is 11.8 Å². The number of anilines is 1. The van der Waals surface area contributed by atoms with E-state index in [1.807, 2.05) is 30.3 Å². The zero-order valence-electron chi connectivity index (χ0n) is 21.4. The topological polar surface area (TPSA) is 96.5 Å². The van der Waals surface area contributed by atoms with Gasteiger partial charge in [-0.2, -0.15) is 5.10 Å². The summed E-state index contributed by atoms with van der Waals surface area (Å²) >= 11 is 7.39. The molecule has 8 nitrogen and oxygen atoms in total. The molecule has 5 rings (SSSR count). The monoisotopic (exact) mass is 588 g/mol. The summed E-state index contributed by atoms with van der Waals surface area (Å²) in [7, 11) is 0. The van der Waals surface area contributed by atoms with Crippen molar-refractivity contribution in [3.05, 3.63) is 124 Å². The molecule has 0 atom stereocenters. The number of rotatable bonds is 9. The number of hydrogen-bond donors (Lipinski definition) is 1. The number of amides is 2. The molecule has 1 fully saturated rings. The van der Waals surface area contributed by atoms with E-state index in [0.717, 1.165) is 17.3 Å². The molecular weight excluding hydrogens is 567 g/mol. The minimum atomic E-state index is -0.438. The van der Waals surface area contributed by atoms with Crippen LogP contribution in [0, 0.1) is 5.82 Å². The fraction of sp³-hybridized carbons (Fsp3) is 0.0667. The normalized spacial score (nSPS) is 15.3. The first-order chi connectivity index (χ1) is 19.9. The van der Waals surface area contributed by atoms with E-state index in [1.54, 1.807) is 42.6 Å². The maximum Gasteiger partial charge on any atom is 0.267 e. The molecule has 0 radical (unpaired) electrons. The van der Waals surface area contributed by atoms with Crippen molar-refractivity contribution in [3.63, 3.8) is 0 Å². The van der Waals surface area contributed by atoms with Crippen molar-refractivity contribution < 1.29 is 23.1 Å². The molecule has 0 saturated carbocycles. The Morgan fingerprint density at radius 3 is 2.63 bits per heavy atom. The second-order valence-corrected chi connectivity index (χ2v) is 10.1. The van der Waals surface area contributed by atoms with E-state index in [2.05, 4.69) is 15.5 Å². The van der Waals surface area contributed by atoms with Gasteiger partial charge in [0.05, 0.1) is 23.9 Å². The number of nitrogens with zero attached hydrogens (tertiary/aromatic N) is 3. The lowest BCUT2D eigenvalue weighted by molar-refractivity contribution is -0.122. The van der Waals surface area contributed by atoms with E-state index >= 15 is 0 Å². The Morgan fingerprint density at radius 1 is 1.07 bits per heavy atom. The first-order valence-corrected chi connectivity index (χ1v) is 13.5. The van der Waals surface area contributed by atoms with E-state index in [-0.39, 0.29) is 19.1 Å². The molecular formula is C30H22ClFN4O4S. The largest absolute Gasteiger partial charge is 0.483 e. The highest BCUT2D eigenvalue weighted by Gasteiger charge is 2.34. The van der Waals surface area contributed by atoms with E-state index in [0.29, 0.717) is 37.9 Å². The minimum Gasteiger partial charge on any atom is -0.483 e. The highest BCUT2D eigenvalue weighted by molar-refractivity contribution is 8.18. The Balaban J connectivity index is 1.36. The van der Waals surface area contributed by atoms with Crippen molar-refractivity contribution in [2.75, 3.05) is 11.9 Å². The Hall–Kier alpha value is -4.67. The van der Waals surface area contributed by atoms with Crippen molar-refractivity contribution in [1.29, 1.82) is 0 Å². The predicted molar refractivity (Wildman–Crippen MR) is 158 cm³/mol. The third kappa shape index (κ3) is 7.50. The summed E-state index contributed by atoms with van der Waals surface area (Å²) in [5, 5.41) is 11.9. The van der Waals surface area contributed by atoms with Crippen LogP contribution < -0.4 is 10.1 Å². The average molecular weight is 589 g/mol. The van der Waals surface area contributed by atoms with Gasteiger partial charge in [-0.25, -0.2) is 4.39 Å². The standard InChI is InChI=1S/C30H22ClFN4O4S/c31-22-8-13-26(40-19-28(37)34-24-11-9-23(32)10-12-24)21(15-22)16-27-29(38)36(18-25-7-4-14-39-25)30(41-27)35-33-17-20-5-2-1-3-6-20/h1-17H,18-19H2,(H,34,37)/b27-16-,33-17-,35-30+. The molecule has 0 bridgehead atoms. The van der Waals surface area contributed by atoms with Gasteiger partial charge >= 0.3 is 0 Å². The van der Waals surface area contributed by atoms with Crippen molar-refractivity contribution in [2.24, 2.45) is 10.2 Å². The fourth-order valence-electron chi connectivity index (χ4n) is 3.74. The summed E-state index contributed by atoms with van der Waals surface area (Å²) in [5.74, 6) is -0.225. The van der Waals surface area contributed by atoms with Crippen LogP contribution in [0.2, 0.25) is 5.02 Å². The molecule has 2 amide bonds. The molecule has 0 aliphatic carbocycles. The van der Waals surface area contributed by atoms with Crippen LogP contribution in [0.3, 0.4) is 0 Å². The number of ether oxygens (including phenoxy) is 1. The molecule has 1 aromatic heterocycles. The van der Waals surface area contributed by atoms with Gasteiger partial charge in [-0.3, -0.25) is 14.5 Å². The molecule has 1 N–H and O–H groups in total. The fourth-order valence-corrected chi connectivity index (χ4v) is 4.85. The molecule has 0 unspecified atom stereocenters. The minimum absolute atomic E-state index is 0.165. The Labute approximate surface area is 244 Å². The van der Waals surface area contributed by atoms with Gasteiger partial charge < -0.3 is 14.5 Å². The summed E-state index contributed by atoms with van der Waals surface area (Å²) in [6.45, 7) is -0.153. The lowest BCUT2D eigenvalue weighted by atomic mass is 10.2. The quantitative estimate of drug-likeness (QED) is 0.135. The number of thioether (sulfide) groups is 1.